The standard InChI is InChI=1S/C15H23NO/c1-9(2)12-7-16-8-13-11(4)10(3)6-14(17-5)15(12)13/h6,9,12,16H,7-8H2,1-5H3. The van der Waals surface area contributed by atoms with Gasteiger partial charge in [-0.25, -0.2) is 0 Å². The highest BCUT2D eigenvalue weighted by molar-refractivity contribution is 5.52. The molecular formula is C15H23NO. The molecule has 0 bridgehead atoms. The third-order valence-corrected chi connectivity index (χ3v) is 4.04. The molecule has 0 amide bonds. The van der Waals surface area contributed by atoms with E-state index < -0.39 is 0 Å². The quantitative estimate of drug-likeness (QED) is 0.847. The average molecular weight is 233 g/mol. The molecule has 2 rings (SSSR count). The van der Waals surface area contributed by atoms with Crippen LogP contribution < -0.4 is 10.1 Å². The molecule has 0 saturated heterocycles. The van der Waals surface area contributed by atoms with Crippen LogP contribution in [0.2, 0.25) is 0 Å². The lowest BCUT2D eigenvalue weighted by Gasteiger charge is -2.32. The van der Waals surface area contributed by atoms with Crippen molar-refractivity contribution in [1.29, 1.82) is 0 Å². The number of ether oxygens (including phenoxy) is 1. The topological polar surface area (TPSA) is 21.3 Å². The molecule has 1 atom stereocenters. The Balaban J connectivity index is 2.62. The summed E-state index contributed by atoms with van der Waals surface area (Å²) in [5, 5.41) is 3.54. The van der Waals surface area contributed by atoms with E-state index in [4.69, 9.17) is 4.74 Å². The van der Waals surface area contributed by atoms with Gasteiger partial charge in [-0.1, -0.05) is 13.8 Å². The van der Waals surface area contributed by atoms with E-state index in [1.54, 1.807) is 7.11 Å². The van der Waals surface area contributed by atoms with Gasteiger partial charge >= 0.3 is 0 Å². The zero-order valence-corrected chi connectivity index (χ0v) is 11.6. The molecular weight excluding hydrogens is 210 g/mol. The average Bonchev–Trinajstić information content (AvgIpc) is 2.32. The van der Waals surface area contributed by atoms with Crippen molar-refractivity contribution in [3.05, 3.63) is 28.3 Å². The minimum Gasteiger partial charge on any atom is -0.496 e. The Morgan fingerprint density at radius 2 is 2.06 bits per heavy atom. The number of nitrogens with one attached hydrogen (secondary N) is 1. The van der Waals surface area contributed by atoms with Gasteiger partial charge in [-0.2, -0.15) is 0 Å². The van der Waals surface area contributed by atoms with E-state index in [0.717, 1.165) is 18.8 Å². The highest BCUT2D eigenvalue weighted by Crippen LogP contribution is 2.39. The van der Waals surface area contributed by atoms with E-state index in [1.165, 1.54) is 22.3 Å². The molecule has 0 spiro atoms. The molecule has 1 heterocycles. The maximum absolute atomic E-state index is 5.60. The van der Waals surface area contributed by atoms with Crippen LogP contribution in [0.3, 0.4) is 0 Å². The summed E-state index contributed by atoms with van der Waals surface area (Å²) in [6, 6.07) is 2.19. The molecule has 0 aromatic heterocycles. The Hall–Kier alpha value is -1.02. The Kier molecular flexibility index (Phi) is 3.43. The zero-order chi connectivity index (χ0) is 12.6. The number of fused-ring (bicyclic) bond motifs is 1. The first-order valence-corrected chi connectivity index (χ1v) is 6.44. The van der Waals surface area contributed by atoms with Crippen LogP contribution in [0, 0.1) is 19.8 Å². The Morgan fingerprint density at radius 1 is 1.35 bits per heavy atom. The fourth-order valence-corrected chi connectivity index (χ4v) is 2.80. The number of hydrogen-bond donors (Lipinski definition) is 1. The summed E-state index contributed by atoms with van der Waals surface area (Å²) in [6.45, 7) is 11.0. The molecule has 1 unspecified atom stereocenters. The molecule has 2 nitrogen and oxygen atoms in total. The van der Waals surface area contributed by atoms with E-state index >= 15 is 0 Å². The maximum Gasteiger partial charge on any atom is 0.122 e. The second-order valence-corrected chi connectivity index (χ2v) is 5.39. The summed E-state index contributed by atoms with van der Waals surface area (Å²) in [5.41, 5.74) is 5.63. The highest BCUT2D eigenvalue weighted by Gasteiger charge is 2.27. The van der Waals surface area contributed by atoms with Gasteiger partial charge in [0.25, 0.3) is 0 Å². The number of methoxy groups -OCH3 is 1. The van der Waals surface area contributed by atoms with Gasteiger partial charge in [0.1, 0.15) is 5.75 Å². The number of benzene rings is 1. The largest absolute Gasteiger partial charge is 0.496 e. The smallest absolute Gasteiger partial charge is 0.122 e. The maximum atomic E-state index is 5.60. The van der Waals surface area contributed by atoms with Gasteiger partial charge in [0.05, 0.1) is 7.11 Å². The summed E-state index contributed by atoms with van der Waals surface area (Å²) >= 11 is 0. The zero-order valence-electron chi connectivity index (χ0n) is 11.6. The van der Waals surface area contributed by atoms with E-state index in [1.807, 2.05) is 0 Å². The van der Waals surface area contributed by atoms with Gasteiger partial charge in [-0.3, -0.25) is 0 Å². The van der Waals surface area contributed by atoms with Crippen molar-refractivity contribution in [2.24, 2.45) is 5.92 Å². The van der Waals surface area contributed by atoms with Crippen LogP contribution in [-0.4, -0.2) is 13.7 Å². The molecule has 2 heteroatoms. The normalized spacial score (nSPS) is 19.3. The summed E-state index contributed by atoms with van der Waals surface area (Å²) in [4.78, 5) is 0. The third-order valence-electron chi connectivity index (χ3n) is 4.04. The minimum atomic E-state index is 0.563. The molecule has 1 aliphatic heterocycles. The van der Waals surface area contributed by atoms with Crippen LogP contribution in [0.5, 0.6) is 5.75 Å². The Labute approximate surface area is 104 Å². The lowest BCUT2D eigenvalue weighted by molar-refractivity contribution is 0.376. The molecule has 0 radical (unpaired) electrons. The van der Waals surface area contributed by atoms with Crippen molar-refractivity contribution in [3.63, 3.8) is 0 Å². The first-order valence-electron chi connectivity index (χ1n) is 6.44. The summed E-state index contributed by atoms with van der Waals surface area (Å²) in [6.07, 6.45) is 0. The summed E-state index contributed by atoms with van der Waals surface area (Å²) in [5.74, 6) is 2.27. The lowest BCUT2D eigenvalue weighted by Crippen LogP contribution is -2.32. The predicted octanol–water partition coefficient (Wildman–Crippen LogP) is 3.15. The SMILES string of the molecule is COc1cc(C)c(C)c2c1C(C(C)C)CNC2. The van der Waals surface area contributed by atoms with Crippen LogP contribution in [0.25, 0.3) is 0 Å². The molecule has 1 N–H and O–H groups in total. The van der Waals surface area contributed by atoms with E-state index in [2.05, 4.69) is 39.1 Å². The lowest BCUT2D eigenvalue weighted by atomic mass is 9.80. The fourth-order valence-electron chi connectivity index (χ4n) is 2.80. The molecule has 0 aliphatic carbocycles. The first-order chi connectivity index (χ1) is 8.06. The predicted molar refractivity (Wildman–Crippen MR) is 71.8 cm³/mol. The van der Waals surface area contributed by atoms with Gasteiger partial charge in [0.2, 0.25) is 0 Å². The summed E-state index contributed by atoms with van der Waals surface area (Å²) < 4.78 is 5.60. The van der Waals surface area contributed by atoms with Crippen LogP contribution in [0.15, 0.2) is 6.07 Å². The van der Waals surface area contributed by atoms with Crippen LogP contribution in [0.4, 0.5) is 0 Å². The molecule has 94 valence electrons. The van der Waals surface area contributed by atoms with Gasteiger partial charge in [0, 0.05) is 24.6 Å². The molecule has 0 fully saturated rings. The molecule has 1 aromatic rings. The van der Waals surface area contributed by atoms with Crippen molar-refractivity contribution in [3.8, 4) is 5.75 Å². The van der Waals surface area contributed by atoms with Gasteiger partial charge in [-0.15, -0.1) is 0 Å². The second kappa shape index (κ2) is 4.69. The van der Waals surface area contributed by atoms with E-state index in [0.29, 0.717) is 11.8 Å². The Bertz CT molecular complexity index is 423. The summed E-state index contributed by atoms with van der Waals surface area (Å²) in [7, 11) is 1.78. The molecule has 17 heavy (non-hydrogen) atoms. The first kappa shape index (κ1) is 12.4. The molecule has 1 aromatic carbocycles. The second-order valence-electron chi connectivity index (χ2n) is 5.39. The van der Waals surface area contributed by atoms with Crippen molar-refractivity contribution in [2.45, 2.75) is 40.2 Å². The van der Waals surface area contributed by atoms with Gasteiger partial charge in [0.15, 0.2) is 0 Å². The fraction of sp³-hybridized carbons (Fsp3) is 0.600. The van der Waals surface area contributed by atoms with Crippen molar-refractivity contribution < 1.29 is 4.74 Å². The highest BCUT2D eigenvalue weighted by atomic mass is 16.5. The van der Waals surface area contributed by atoms with Crippen molar-refractivity contribution in [2.75, 3.05) is 13.7 Å². The number of hydrogen-bond acceptors (Lipinski definition) is 2. The van der Waals surface area contributed by atoms with Crippen LogP contribution >= 0.6 is 0 Å². The van der Waals surface area contributed by atoms with Gasteiger partial charge < -0.3 is 10.1 Å². The monoisotopic (exact) mass is 233 g/mol. The minimum absolute atomic E-state index is 0.563. The van der Waals surface area contributed by atoms with Crippen LogP contribution in [-0.2, 0) is 6.54 Å². The van der Waals surface area contributed by atoms with E-state index in [9.17, 15) is 0 Å². The molecule has 1 aliphatic rings. The molecule has 0 saturated carbocycles. The third kappa shape index (κ3) is 2.06. The Morgan fingerprint density at radius 3 is 2.65 bits per heavy atom. The number of rotatable bonds is 2. The van der Waals surface area contributed by atoms with Crippen molar-refractivity contribution in [1.82, 2.24) is 5.32 Å². The van der Waals surface area contributed by atoms with Crippen LogP contribution in [0.1, 0.15) is 42.0 Å². The van der Waals surface area contributed by atoms with Crippen molar-refractivity contribution >= 4 is 0 Å². The van der Waals surface area contributed by atoms with Gasteiger partial charge in [-0.05, 0) is 42.5 Å². The number of aryl methyl sites for hydroxylation is 1. The van der Waals surface area contributed by atoms with E-state index in [-0.39, 0.29) is 0 Å².